The minimum absolute atomic E-state index is 0. The second-order valence-corrected chi connectivity index (χ2v) is 8.81. The molecular formula is C22H39NO. The maximum atomic E-state index is 12.1. The van der Waals surface area contributed by atoms with Gasteiger partial charge in [0.1, 0.15) is 0 Å². The van der Waals surface area contributed by atoms with Crippen molar-refractivity contribution in [1.82, 2.24) is 5.32 Å². The molecule has 1 rings (SSSR count). The van der Waals surface area contributed by atoms with Crippen LogP contribution < -0.4 is 5.32 Å². The third-order valence-corrected chi connectivity index (χ3v) is 4.15. The van der Waals surface area contributed by atoms with E-state index >= 15 is 0 Å². The fourth-order valence-corrected chi connectivity index (χ4v) is 2.56. The van der Waals surface area contributed by atoms with E-state index in [1.807, 2.05) is 12.1 Å². The number of hydrogen-bond donors (Lipinski definition) is 1. The Hall–Kier alpha value is -1.31. The lowest BCUT2D eigenvalue weighted by molar-refractivity contribution is 0.0953. The number of amides is 1. The predicted molar refractivity (Wildman–Crippen MR) is 107 cm³/mol. The van der Waals surface area contributed by atoms with Gasteiger partial charge in [0.05, 0.1) is 0 Å². The van der Waals surface area contributed by atoms with Gasteiger partial charge >= 0.3 is 0 Å². The Morgan fingerprint density at radius 3 is 1.92 bits per heavy atom. The van der Waals surface area contributed by atoms with Crippen LogP contribution in [0.15, 0.2) is 24.3 Å². The SMILES string of the molecule is C.CC(C)(C)CCCCCCNC(=O)c1ccc(C(C)(C)C)cc1. The number of unbranched alkanes of at least 4 members (excludes halogenated alkanes) is 3. The molecule has 2 heteroatoms. The summed E-state index contributed by atoms with van der Waals surface area (Å²) in [6.07, 6.45) is 6.08. The first kappa shape index (κ1) is 22.7. The summed E-state index contributed by atoms with van der Waals surface area (Å²) in [6, 6.07) is 7.97. The summed E-state index contributed by atoms with van der Waals surface area (Å²) in [6.45, 7) is 14.2. The van der Waals surface area contributed by atoms with Gasteiger partial charge in [0.15, 0.2) is 0 Å². The topological polar surface area (TPSA) is 29.1 Å². The van der Waals surface area contributed by atoms with Crippen molar-refractivity contribution in [2.45, 2.75) is 86.5 Å². The number of carbonyl (C=O) groups is 1. The molecule has 1 N–H and O–H groups in total. The van der Waals surface area contributed by atoms with Gasteiger partial charge in [0, 0.05) is 12.1 Å². The molecule has 1 amide bonds. The van der Waals surface area contributed by atoms with Gasteiger partial charge in [-0.15, -0.1) is 0 Å². The number of carbonyl (C=O) groups excluding carboxylic acids is 1. The summed E-state index contributed by atoms with van der Waals surface area (Å²) in [7, 11) is 0. The molecule has 24 heavy (non-hydrogen) atoms. The van der Waals surface area contributed by atoms with Crippen LogP contribution in [-0.4, -0.2) is 12.5 Å². The lowest BCUT2D eigenvalue weighted by Crippen LogP contribution is -2.24. The lowest BCUT2D eigenvalue weighted by Gasteiger charge is -2.19. The number of hydrogen-bond acceptors (Lipinski definition) is 1. The zero-order valence-corrected chi connectivity index (χ0v) is 16.0. The van der Waals surface area contributed by atoms with Crippen molar-refractivity contribution in [1.29, 1.82) is 0 Å². The molecule has 1 aromatic carbocycles. The molecule has 0 saturated heterocycles. The predicted octanol–water partition coefficient (Wildman–Crippen LogP) is 6.35. The fraction of sp³-hybridized carbons (Fsp3) is 0.682. The fourth-order valence-electron chi connectivity index (χ4n) is 2.56. The summed E-state index contributed by atoms with van der Waals surface area (Å²) in [5.74, 6) is 0.0418. The van der Waals surface area contributed by atoms with Crippen LogP contribution in [0.4, 0.5) is 0 Å². The molecule has 1 aromatic rings. The zero-order valence-electron chi connectivity index (χ0n) is 16.0. The maximum Gasteiger partial charge on any atom is 0.251 e. The monoisotopic (exact) mass is 333 g/mol. The van der Waals surface area contributed by atoms with Gasteiger partial charge in [0.25, 0.3) is 5.91 Å². The summed E-state index contributed by atoms with van der Waals surface area (Å²) >= 11 is 0. The maximum absolute atomic E-state index is 12.1. The molecule has 0 unspecified atom stereocenters. The van der Waals surface area contributed by atoms with Crippen molar-refractivity contribution in [2.75, 3.05) is 6.54 Å². The molecule has 0 aromatic heterocycles. The van der Waals surface area contributed by atoms with Crippen molar-refractivity contribution in [2.24, 2.45) is 5.41 Å². The molecule has 0 bridgehead atoms. The van der Waals surface area contributed by atoms with Crippen molar-refractivity contribution < 1.29 is 4.79 Å². The van der Waals surface area contributed by atoms with Crippen molar-refractivity contribution in [3.05, 3.63) is 35.4 Å². The largest absolute Gasteiger partial charge is 0.352 e. The van der Waals surface area contributed by atoms with Gasteiger partial charge in [-0.2, -0.15) is 0 Å². The molecule has 0 radical (unpaired) electrons. The van der Waals surface area contributed by atoms with Crippen molar-refractivity contribution in [3.8, 4) is 0 Å². The van der Waals surface area contributed by atoms with Gasteiger partial charge in [-0.25, -0.2) is 0 Å². The summed E-state index contributed by atoms with van der Waals surface area (Å²) < 4.78 is 0. The number of rotatable bonds is 7. The van der Waals surface area contributed by atoms with Gasteiger partial charge < -0.3 is 5.32 Å². The van der Waals surface area contributed by atoms with E-state index in [4.69, 9.17) is 0 Å². The smallest absolute Gasteiger partial charge is 0.251 e. The van der Waals surface area contributed by atoms with Crippen LogP contribution >= 0.6 is 0 Å². The molecular weight excluding hydrogens is 294 g/mol. The summed E-state index contributed by atoms with van der Waals surface area (Å²) in [5, 5.41) is 3.03. The van der Waals surface area contributed by atoms with E-state index in [0.717, 1.165) is 18.5 Å². The Bertz CT molecular complexity index is 474. The van der Waals surface area contributed by atoms with Crippen LogP contribution in [0.25, 0.3) is 0 Å². The van der Waals surface area contributed by atoms with Gasteiger partial charge in [0.2, 0.25) is 0 Å². The summed E-state index contributed by atoms with van der Waals surface area (Å²) in [5.41, 5.74) is 2.58. The number of benzene rings is 1. The van der Waals surface area contributed by atoms with Crippen LogP contribution in [0.2, 0.25) is 0 Å². The Morgan fingerprint density at radius 2 is 1.42 bits per heavy atom. The van der Waals surface area contributed by atoms with Gasteiger partial charge in [-0.05, 0) is 41.4 Å². The van der Waals surface area contributed by atoms with Gasteiger partial charge in [-0.1, -0.05) is 80.4 Å². The molecule has 2 nitrogen and oxygen atoms in total. The van der Waals surface area contributed by atoms with E-state index in [1.54, 1.807) is 0 Å². The first-order valence-corrected chi connectivity index (χ1v) is 8.98. The van der Waals surface area contributed by atoms with E-state index in [-0.39, 0.29) is 18.7 Å². The average Bonchev–Trinajstić information content (AvgIpc) is 2.44. The Morgan fingerprint density at radius 1 is 0.875 bits per heavy atom. The van der Waals surface area contributed by atoms with Crippen LogP contribution in [-0.2, 0) is 5.41 Å². The average molecular weight is 334 g/mol. The minimum Gasteiger partial charge on any atom is -0.352 e. The third-order valence-electron chi connectivity index (χ3n) is 4.15. The van der Waals surface area contributed by atoms with E-state index in [9.17, 15) is 4.79 Å². The molecule has 0 aliphatic carbocycles. The molecule has 0 heterocycles. The molecule has 0 fully saturated rings. The van der Waals surface area contributed by atoms with E-state index in [1.165, 1.54) is 31.2 Å². The van der Waals surface area contributed by atoms with Crippen LogP contribution in [0.5, 0.6) is 0 Å². The van der Waals surface area contributed by atoms with Crippen molar-refractivity contribution in [3.63, 3.8) is 0 Å². The van der Waals surface area contributed by atoms with E-state index < -0.39 is 0 Å². The van der Waals surface area contributed by atoms with Crippen molar-refractivity contribution >= 4 is 5.91 Å². The standard InChI is InChI=1S/C21H35NO.CH4/c1-20(2,3)15-9-7-8-10-16-22-19(23)17-11-13-18(14-12-17)21(4,5)6;/h11-14H,7-10,15-16H2,1-6H3,(H,22,23);1H4. The van der Waals surface area contributed by atoms with Crippen LogP contribution in [0, 0.1) is 5.41 Å². The molecule has 0 atom stereocenters. The van der Waals surface area contributed by atoms with E-state index in [2.05, 4.69) is 59.0 Å². The molecule has 0 spiro atoms. The highest BCUT2D eigenvalue weighted by Gasteiger charge is 2.14. The molecule has 138 valence electrons. The second-order valence-electron chi connectivity index (χ2n) is 8.81. The number of nitrogens with one attached hydrogen (secondary N) is 1. The molecule has 0 saturated carbocycles. The molecule has 0 aliphatic heterocycles. The normalized spacial score (nSPS) is 11.8. The first-order chi connectivity index (χ1) is 10.6. The van der Waals surface area contributed by atoms with Crippen LogP contribution in [0.1, 0.15) is 97.0 Å². The lowest BCUT2D eigenvalue weighted by atomic mass is 9.87. The van der Waals surface area contributed by atoms with Gasteiger partial charge in [-0.3, -0.25) is 4.79 Å². The highest BCUT2D eigenvalue weighted by atomic mass is 16.1. The Balaban J connectivity index is 0.00000529. The highest BCUT2D eigenvalue weighted by molar-refractivity contribution is 5.94. The quantitative estimate of drug-likeness (QED) is 0.579. The minimum atomic E-state index is 0. The third kappa shape index (κ3) is 9.10. The zero-order chi connectivity index (χ0) is 17.5. The Kier molecular flexibility index (Phi) is 9.32. The highest BCUT2D eigenvalue weighted by Crippen LogP contribution is 2.23. The molecule has 0 aliphatic rings. The Labute approximate surface area is 150 Å². The first-order valence-electron chi connectivity index (χ1n) is 8.98. The summed E-state index contributed by atoms with van der Waals surface area (Å²) in [4.78, 5) is 12.1. The second kappa shape index (κ2) is 9.86. The van der Waals surface area contributed by atoms with E-state index in [0.29, 0.717) is 5.41 Å². The van der Waals surface area contributed by atoms with Crippen LogP contribution in [0.3, 0.4) is 0 Å².